The van der Waals surface area contributed by atoms with Gasteiger partial charge in [0.2, 0.25) is 5.91 Å². The maximum atomic E-state index is 12.5. The Bertz CT molecular complexity index is 1220. The van der Waals surface area contributed by atoms with Gasteiger partial charge in [-0.25, -0.2) is 10.2 Å². The Morgan fingerprint density at radius 1 is 1.18 bits per heavy atom. The number of nitrogens with one attached hydrogen (secondary N) is 1. The van der Waals surface area contributed by atoms with Crippen molar-refractivity contribution in [3.8, 4) is 16.2 Å². The molecule has 9 heteroatoms. The SMILES string of the molecule is C/C(=N\NC(=O)C1C=C(N=O)C(C(=O)O)=CC1)c1csc(-c2ccc3c(c2)CCCC3)c1O. The fourth-order valence-corrected chi connectivity index (χ4v) is 5.13. The highest BCUT2D eigenvalue weighted by Crippen LogP contribution is 2.40. The van der Waals surface area contributed by atoms with E-state index in [0.29, 0.717) is 11.3 Å². The van der Waals surface area contributed by atoms with Crippen molar-refractivity contribution in [2.45, 2.75) is 39.0 Å². The number of hydrogen-bond acceptors (Lipinski definition) is 7. The summed E-state index contributed by atoms with van der Waals surface area (Å²) in [5.74, 6) is -2.41. The van der Waals surface area contributed by atoms with Gasteiger partial charge in [-0.3, -0.25) is 4.79 Å². The molecule has 0 saturated heterocycles. The number of aliphatic carboxylic acids is 1. The maximum Gasteiger partial charge on any atom is 0.337 e. The van der Waals surface area contributed by atoms with E-state index in [2.05, 4.69) is 27.8 Å². The topological polar surface area (TPSA) is 128 Å². The largest absolute Gasteiger partial charge is 0.506 e. The monoisotopic (exact) mass is 465 g/mol. The van der Waals surface area contributed by atoms with Crippen LogP contribution in [0.4, 0.5) is 0 Å². The van der Waals surface area contributed by atoms with Gasteiger partial charge >= 0.3 is 5.97 Å². The Balaban J connectivity index is 1.48. The molecule has 4 rings (SSSR count). The van der Waals surface area contributed by atoms with Crippen molar-refractivity contribution in [2.24, 2.45) is 16.2 Å². The molecule has 1 amide bonds. The molecule has 1 unspecified atom stereocenters. The number of carbonyl (C=O) groups is 2. The second-order valence-corrected chi connectivity index (χ2v) is 8.98. The summed E-state index contributed by atoms with van der Waals surface area (Å²) in [6.07, 6.45) is 7.18. The minimum atomic E-state index is -1.27. The average molecular weight is 466 g/mol. The van der Waals surface area contributed by atoms with E-state index in [9.17, 15) is 19.6 Å². The standard InChI is InChI=1S/C24H23N3O5S/c1-13(25-26-23(29)17-8-9-18(24(30)31)20(11-17)27-32)19-12-33-22(21(19)28)16-7-6-14-4-2-3-5-15(14)10-16/h6-7,9-12,17,28H,2-5,8H2,1H3,(H,26,29)(H,30,31)/b25-13+. The zero-order valence-electron chi connectivity index (χ0n) is 18.0. The van der Waals surface area contributed by atoms with Gasteiger partial charge in [0.25, 0.3) is 0 Å². The molecule has 3 N–H and O–H groups in total. The van der Waals surface area contributed by atoms with Crippen LogP contribution in [-0.2, 0) is 22.4 Å². The normalized spacial score (nSPS) is 18.1. The summed E-state index contributed by atoms with van der Waals surface area (Å²) in [4.78, 5) is 35.3. The molecule has 0 radical (unpaired) electrons. The number of carbonyl (C=O) groups excluding carboxylic acids is 1. The van der Waals surface area contributed by atoms with Gasteiger partial charge in [-0.2, -0.15) is 5.10 Å². The summed E-state index contributed by atoms with van der Waals surface area (Å²) in [6, 6.07) is 6.31. The van der Waals surface area contributed by atoms with E-state index < -0.39 is 17.8 Å². The van der Waals surface area contributed by atoms with Crippen molar-refractivity contribution in [3.05, 3.63) is 68.6 Å². The van der Waals surface area contributed by atoms with E-state index in [4.69, 9.17) is 5.11 Å². The van der Waals surface area contributed by atoms with Crippen LogP contribution >= 0.6 is 11.3 Å². The second-order valence-electron chi connectivity index (χ2n) is 8.10. The molecule has 1 atom stereocenters. The Morgan fingerprint density at radius 3 is 2.67 bits per heavy atom. The van der Waals surface area contributed by atoms with Crippen LogP contribution in [0.3, 0.4) is 0 Å². The first-order valence-electron chi connectivity index (χ1n) is 10.6. The van der Waals surface area contributed by atoms with Crippen molar-refractivity contribution in [2.75, 3.05) is 0 Å². The van der Waals surface area contributed by atoms with Gasteiger partial charge in [0.05, 0.1) is 27.6 Å². The lowest BCUT2D eigenvalue weighted by Gasteiger charge is -2.16. The van der Waals surface area contributed by atoms with Crippen LogP contribution in [0.1, 0.15) is 42.9 Å². The van der Waals surface area contributed by atoms with Gasteiger partial charge in [-0.1, -0.05) is 18.2 Å². The Hall–Kier alpha value is -3.59. The van der Waals surface area contributed by atoms with Crippen LogP contribution in [0.2, 0.25) is 0 Å². The third kappa shape index (κ3) is 4.63. The zero-order valence-corrected chi connectivity index (χ0v) is 18.8. The molecule has 2 aliphatic rings. The fourth-order valence-electron chi connectivity index (χ4n) is 4.13. The van der Waals surface area contributed by atoms with Crippen LogP contribution in [0.5, 0.6) is 5.75 Å². The molecule has 0 bridgehead atoms. The number of carboxylic acids is 1. The average Bonchev–Trinajstić information content (AvgIpc) is 3.22. The van der Waals surface area contributed by atoms with Crippen molar-refractivity contribution in [1.82, 2.24) is 5.43 Å². The summed E-state index contributed by atoms with van der Waals surface area (Å²) in [7, 11) is 0. The number of amides is 1. The van der Waals surface area contributed by atoms with Gasteiger partial charge < -0.3 is 10.2 Å². The highest BCUT2D eigenvalue weighted by atomic mass is 32.1. The van der Waals surface area contributed by atoms with Crippen LogP contribution < -0.4 is 5.43 Å². The molecule has 0 aliphatic heterocycles. The van der Waals surface area contributed by atoms with Crippen molar-refractivity contribution in [3.63, 3.8) is 0 Å². The quantitative estimate of drug-likeness (QED) is 0.328. The molecule has 170 valence electrons. The molecular weight excluding hydrogens is 442 g/mol. The van der Waals surface area contributed by atoms with Gasteiger partial charge in [-0.15, -0.1) is 16.2 Å². The molecule has 1 aromatic heterocycles. The van der Waals surface area contributed by atoms with Crippen molar-refractivity contribution >= 4 is 28.9 Å². The third-order valence-electron chi connectivity index (χ3n) is 5.98. The van der Waals surface area contributed by atoms with Crippen LogP contribution in [0.15, 0.2) is 57.3 Å². The lowest BCUT2D eigenvalue weighted by atomic mass is 9.90. The van der Waals surface area contributed by atoms with E-state index >= 15 is 0 Å². The van der Waals surface area contributed by atoms with Crippen LogP contribution in [-0.4, -0.2) is 27.8 Å². The first-order chi connectivity index (χ1) is 15.9. The van der Waals surface area contributed by atoms with Gasteiger partial charge in [-0.05, 0) is 73.0 Å². The highest BCUT2D eigenvalue weighted by molar-refractivity contribution is 7.14. The van der Waals surface area contributed by atoms with Crippen LogP contribution in [0, 0.1) is 10.8 Å². The van der Waals surface area contributed by atoms with Crippen LogP contribution in [0.25, 0.3) is 10.4 Å². The molecule has 0 fully saturated rings. The summed E-state index contributed by atoms with van der Waals surface area (Å²) in [5, 5.41) is 28.5. The van der Waals surface area contributed by atoms with Crippen molar-refractivity contribution < 1.29 is 19.8 Å². The number of carboxylic acid groups (broad SMARTS) is 1. The smallest absolute Gasteiger partial charge is 0.337 e. The Morgan fingerprint density at radius 2 is 1.94 bits per heavy atom. The number of aryl methyl sites for hydroxylation is 2. The number of benzene rings is 1. The van der Waals surface area contributed by atoms with E-state index in [1.165, 1.54) is 47.5 Å². The number of aromatic hydroxyl groups is 1. The highest BCUT2D eigenvalue weighted by Gasteiger charge is 2.25. The predicted molar refractivity (Wildman–Crippen MR) is 126 cm³/mol. The van der Waals surface area contributed by atoms with E-state index in [-0.39, 0.29) is 23.4 Å². The minimum absolute atomic E-state index is 0.116. The summed E-state index contributed by atoms with van der Waals surface area (Å²) in [5.41, 5.74) is 6.55. The Labute approximate surface area is 194 Å². The lowest BCUT2D eigenvalue weighted by Crippen LogP contribution is -2.28. The molecule has 1 aromatic carbocycles. The van der Waals surface area contributed by atoms with E-state index in [0.717, 1.165) is 23.3 Å². The molecule has 0 saturated carbocycles. The van der Waals surface area contributed by atoms with E-state index in [1.54, 1.807) is 12.3 Å². The van der Waals surface area contributed by atoms with Gasteiger partial charge in [0.1, 0.15) is 11.4 Å². The number of nitroso groups, excluding NO2 is 1. The third-order valence-corrected chi connectivity index (χ3v) is 6.99. The maximum absolute atomic E-state index is 12.5. The molecule has 8 nitrogen and oxygen atoms in total. The fraction of sp³-hybridized carbons (Fsp3) is 0.292. The minimum Gasteiger partial charge on any atom is -0.506 e. The molecular formula is C24H23N3O5S. The number of hydrogen-bond donors (Lipinski definition) is 3. The summed E-state index contributed by atoms with van der Waals surface area (Å²) < 4.78 is 0. The predicted octanol–water partition coefficient (Wildman–Crippen LogP) is 4.52. The molecule has 0 spiro atoms. The van der Waals surface area contributed by atoms with Gasteiger partial charge in [0.15, 0.2) is 0 Å². The second kappa shape index (κ2) is 9.50. The number of nitrogens with zero attached hydrogens (tertiary/aromatic N) is 2. The number of fused-ring (bicyclic) bond motifs is 1. The first-order valence-corrected chi connectivity index (χ1v) is 11.5. The van der Waals surface area contributed by atoms with Crippen molar-refractivity contribution in [1.29, 1.82) is 0 Å². The number of hydrazone groups is 1. The van der Waals surface area contributed by atoms with E-state index in [1.807, 2.05) is 6.07 Å². The molecule has 33 heavy (non-hydrogen) atoms. The number of thiophene rings is 1. The summed E-state index contributed by atoms with van der Waals surface area (Å²) in [6.45, 7) is 1.68. The number of rotatable bonds is 6. The number of allylic oxidation sites excluding steroid dienone is 1. The molecule has 1 heterocycles. The molecule has 2 aromatic rings. The Kier molecular flexibility index (Phi) is 6.50. The van der Waals surface area contributed by atoms with Gasteiger partial charge in [0, 0.05) is 5.38 Å². The lowest BCUT2D eigenvalue weighted by molar-refractivity contribution is -0.132. The molecule has 2 aliphatic carbocycles. The zero-order chi connectivity index (χ0) is 23.5. The summed E-state index contributed by atoms with van der Waals surface area (Å²) >= 11 is 1.41. The first kappa shape index (κ1) is 22.6.